The fraction of sp³-hybridized carbons (Fsp3) is 0.133. The van der Waals surface area contributed by atoms with Gasteiger partial charge in [0.25, 0.3) is 5.91 Å². The van der Waals surface area contributed by atoms with Gasteiger partial charge < -0.3 is 10.6 Å². The number of nitrogens with one attached hydrogen (secondary N) is 2. The summed E-state index contributed by atoms with van der Waals surface area (Å²) in [5.74, 6) is -1.94. The van der Waals surface area contributed by atoms with Crippen molar-refractivity contribution in [3.8, 4) is 0 Å². The Morgan fingerprint density at radius 3 is 2.45 bits per heavy atom. The summed E-state index contributed by atoms with van der Waals surface area (Å²) >= 11 is 0. The molecule has 0 saturated heterocycles. The molecule has 20 heavy (non-hydrogen) atoms. The SMILES string of the molecule is CNC(=O)c1ccc(CNc2cccc(F)c2F)cc1. The van der Waals surface area contributed by atoms with Crippen LogP contribution in [-0.4, -0.2) is 13.0 Å². The summed E-state index contributed by atoms with van der Waals surface area (Å²) in [4.78, 5) is 11.4. The van der Waals surface area contributed by atoms with Gasteiger partial charge in [-0.2, -0.15) is 0 Å². The lowest BCUT2D eigenvalue weighted by Gasteiger charge is -2.08. The lowest BCUT2D eigenvalue weighted by atomic mass is 10.1. The first kappa shape index (κ1) is 14.0. The summed E-state index contributed by atoms with van der Waals surface area (Å²) in [6.45, 7) is 0.342. The quantitative estimate of drug-likeness (QED) is 0.901. The third kappa shape index (κ3) is 3.12. The molecule has 0 aliphatic rings. The average molecular weight is 276 g/mol. The summed E-state index contributed by atoms with van der Waals surface area (Å²) in [5.41, 5.74) is 1.52. The zero-order valence-electron chi connectivity index (χ0n) is 10.9. The van der Waals surface area contributed by atoms with E-state index in [9.17, 15) is 13.6 Å². The smallest absolute Gasteiger partial charge is 0.251 e. The van der Waals surface area contributed by atoms with Gasteiger partial charge in [-0.25, -0.2) is 8.78 Å². The lowest BCUT2D eigenvalue weighted by Crippen LogP contribution is -2.17. The first-order valence-electron chi connectivity index (χ1n) is 6.10. The minimum atomic E-state index is -0.894. The first-order chi connectivity index (χ1) is 9.61. The van der Waals surface area contributed by atoms with E-state index in [0.29, 0.717) is 12.1 Å². The van der Waals surface area contributed by atoms with E-state index in [4.69, 9.17) is 0 Å². The number of hydrogen-bond donors (Lipinski definition) is 2. The zero-order chi connectivity index (χ0) is 14.5. The number of halogens is 2. The number of carbonyl (C=O) groups excluding carboxylic acids is 1. The standard InChI is InChI=1S/C15H14F2N2O/c1-18-15(20)11-7-5-10(6-8-11)9-19-13-4-2-3-12(16)14(13)17/h2-8,19H,9H2,1H3,(H,18,20). The number of rotatable bonds is 4. The number of hydrogen-bond acceptors (Lipinski definition) is 2. The van der Waals surface area contributed by atoms with Crippen LogP contribution in [0.5, 0.6) is 0 Å². The second-order valence-electron chi connectivity index (χ2n) is 4.23. The van der Waals surface area contributed by atoms with E-state index in [0.717, 1.165) is 11.6 Å². The highest BCUT2D eigenvalue weighted by Gasteiger charge is 2.07. The fourth-order valence-electron chi connectivity index (χ4n) is 1.76. The molecule has 0 saturated carbocycles. The van der Waals surface area contributed by atoms with Gasteiger partial charge in [-0.15, -0.1) is 0 Å². The second-order valence-corrected chi connectivity index (χ2v) is 4.23. The van der Waals surface area contributed by atoms with Gasteiger partial charge in [0.2, 0.25) is 0 Å². The van der Waals surface area contributed by atoms with Crippen molar-refractivity contribution in [2.24, 2.45) is 0 Å². The van der Waals surface area contributed by atoms with Gasteiger partial charge in [-0.05, 0) is 29.8 Å². The molecule has 0 aromatic heterocycles. The molecule has 0 fully saturated rings. The largest absolute Gasteiger partial charge is 0.379 e. The van der Waals surface area contributed by atoms with Crippen molar-refractivity contribution in [2.45, 2.75) is 6.54 Å². The van der Waals surface area contributed by atoms with Crippen molar-refractivity contribution in [3.05, 3.63) is 65.2 Å². The van der Waals surface area contributed by atoms with Gasteiger partial charge in [0.15, 0.2) is 11.6 Å². The molecule has 104 valence electrons. The van der Waals surface area contributed by atoms with E-state index < -0.39 is 11.6 Å². The Kier molecular flexibility index (Phi) is 4.30. The van der Waals surface area contributed by atoms with Crippen molar-refractivity contribution in [3.63, 3.8) is 0 Å². The molecule has 2 aromatic rings. The van der Waals surface area contributed by atoms with Crippen LogP contribution < -0.4 is 10.6 Å². The predicted molar refractivity (Wildman–Crippen MR) is 73.5 cm³/mol. The maximum absolute atomic E-state index is 13.4. The molecule has 0 heterocycles. The van der Waals surface area contributed by atoms with Gasteiger partial charge in [0, 0.05) is 19.2 Å². The molecule has 0 radical (unpaired) electrons. The van der Waals surface area contributed by atoms with E-state index in [-0.39, 0.29) is 11.6 Å². The zero-order valence-corrected chi connectivity index (χ0v) is 10.9. The highest BCUT2D eigenvalue weighted by molar-refractivity contribution is 5.93. The predicted octanol–water partition coefficient (Wildman–Crippen LogP) is 2.94. The Labute approximate surface area is 115 Å². The summed E-state index contributed by atoms with van der Waals surface area (Å²) in [6.07, 6.45) is 0. The Bertz CT molecular complexity index is 612. The Morgan fingerprint density at radius 1 is 1.10 bits per heavy atom. The van der Waals surface area contributed by atoms with Crippen LogP contribution in [0, 0.1) is 11.6 Å². The summed E-state index contributed by atoms with van der Waals surface area (Å²) in [6, 6.07) is 10.9. The van der Waals surface area contributed by atoms with Crippen LogP contribution in [-0.2, 0) is 6.54 Å². The molecule has 0 unspecified atom stereocenters. The van der Waals surface area contributed by atoms with Crippen LogP contribution in [0.1, 0.15) is 15.9 Å². The van der Waals surface area contributed by atoms with E-state index >= 15 is 0 Å². The molecule has 0 spiro atoms. The molecule has 0 aliphatic heterocycles. The average Bonchev–Trinajstić information content (AvgIpc) is 2.48. The van der Waals surface area contributed by atoms with Gasteiger partial charge in [-0.1, -0.05) is 18.2 Å². The summed E-state index contributed by atoms with van der Waals surface area (Å²) in [5, 5.41) is 5.34. The molecule has 2 rings (SSSR count). The van der Waals surface area contributed by atoms with Gasteiger partial charge in [0.1, 0.15) is 0 Å². The van der Waals surface area contributed by atoms with Crippen LogP contribution in [0.15, 0.2) is 42.5 Å². The number of anilines is 1. The molecule has 0 bridgehead atoms. The van der Waals surface area contributed by atoms with Crippen LogP contribution >= 0.6 is 0 Å². The molecule has 2 N–H and O–H groups in total. The molecular formula is C15H14F2N2O. The maximum Gasteiger partial charge on any atom is 0.251 e. The van der Waals surface area contributed by atoms with E-state index in [2.05, 4.69) is 10.6 Å². The maximum atomic E-state index is 13.4. The van der Waals surface area contributed by atoms with Crippen molar-refractivity contribution in [1.29, 1.82) is 0 Å². The fourth-order valence-corrected chi connectivity index (χ4v) is 1.76. The van der Waals surface area contributed by atoms with E-state index in [1.54, 1.807) is 31.3 Å². The van der Waals surface area contributed by atoms with Gasteiger partial charge in [-0.3, -0.25) is 4.79 Å². The summed E-state index contributed by atoms with van der Waals surface area (Å²) in [7, 11) is 1.56. The highest BCUT2D eigenvalue weighted by Crippen LogP contribution is 2.17. The lowest BCUT2D eigenvalue weighted by molar-refractivity contribution is 0.0963. The molecule has 1 amide bonds. The number of amides is 1. The molecule has 2 aromatic carbocycles. The van der Waals surface area contributed by atoms with Crippen LogP contribution in [0.4, 0.5) is 14.5 Å². The second kappa shape index (κ2) is 6.14. The highest BCUT2D eigenvalue weighted by atomic mass is 19.2. The first-order valence-corrected chi connectivity index (χ1v) is 6.10. The van der Waals surface area contributed by atoms with Crippen LogP contribution in [0.3, 0.4) is 0 Å². The van der Waals surface area contributed by atoms with Gasteiger partial charge >= 0.3 is 0 Å². The van der Waals surface area contributed by atoms with Crippen molar-refractivity contribution in [2.75, 3.05) is 12.4 Å². The molecule has 5 heteroatoms. The number of carbonyl (C=O) groups is 1. The Hall–Kier alpha value is -2.43. The molecular weight excluding hydrogens is 262 g/mol. The Balaban J connectivity index is 2.04. The van der Waals surface area contributed by atoms with Crippen LogP contribution in [0.25, 0.3) is 0 Å². The molecule has 3 nitrogen and oxygen atoms in total. The van der Waals surface area contributed by atoms with E-state index in [1.165, 1.54) is 12.1 Å². The summed E-state index contributed by atoms with van der Waals surface area (Å²) < 4.78 is 26.5. The molecule has 0 aliphatic carbocycles. The normalized spacial score (nSPS) is 10.2. The third-order valence-corrected chi connectivity index (χ3v) is 2.88. The number of benzene rings is 2. The topological polar surface area (TPSA) is 41.1 Å². The third-order valence-electron chi connectivity index (χ3n) is 2.88. The molecule has 0 atom stereocenters. The van der Waals surface area contributed by atoms with Gasteiger partial charge in [0.05, 0.1) is 5.69 Å². The van der Waals surface area contributed by atoms with E-state index in [1.807, 2.05) is 0 Å². The Morgan fingerprint density at radius 2 is 1.80 bits per heavy atom. The van der Waals surface area contributed by atoms with Crippen molar-refractivity contribution < 1.29 is 13.6 Å². The van der Waals surface area contributed by atoms with Crippen molar-refractivity contribution in [1.82, 2.24) is 5.32 Å². The minimum Gasteiger partial charge on any atom is -0.379 e. The minimum absolute atomic E-state index is 0.111. The monoisotopic (exact) mass is 276 g/mol. The van der Waals surface area contributed by atoms with Crippen molar-refractivity contribution >= 4 is 11.6 Å². The van der Waals surface area contributed by atoms with Crippen LogP contribution in [0.2, 0.25) is 0 Å².